The molecule has 1 heterocycles. The zero-order valence-corrected chi connectivity index (χ0v) is 9.86. The van der Waals surface area contributed by atoms with Gasteiger partial charge in [0.05, 0.1) is 12.7 Å². The Bertz CT molecular complexity index is 331. The Morgan fingerprint density at radius 2 is 2.12 bits per heavy atom. The van der Waals surface area contributed by atoms with Gasteiger partial charge in [0.15, 0.2) is 0 Å². The van der Waals surface area contributed by atoms with Gasteiger partial charge in [-0.25, -0.2) is 10.8 Å². The molecule has 6 nitrogen and oxygen atoms in total. The second kappa shape index (κ2) is 6.24. The zero-order valence-electron chi connectivity index (χ0n) is 9.86. The fourth-order valence-electron chi connectivity index (χ4n) is 1.12. The first-order chi connectivity index (χ1) is 7.61. The minimum atomic E-state index is 0.206. The summed E-state index contributed by atoms with van der Waals surface area (Å²) in [5.41, 5.74) is 2.45. The van der Waals surface area contributed by atoms with Crippen molar-refractivity contribution >= 4 is 5.82 Å². The lowest BCUT2D eigenvalue weighted by Crippen LogP contribution is -2.13. The molecular weight excluding hydrogens is 208 g/mol. The number of nitrogens with two attached hydrogens (primary N) is 1. The average Bonchev–Trinajstić information content (AvgIpc) is 2.23. The maximum atomic E-state index is 5.41. The summed E-state index contributed by atoms with van der Waals surface area (Å²) in [5.74, 6) is 6.90. The molecule has 1 aromatic heterocycles. The Morgan fingerprint density at radius 1 is 1.38 bits per heavy atom. The van der Waals surface area contributed by atoms with Crippen molar-refractivity contribution in [3.05, 3.63) is 11.9 Å². The number of nitrogens with zero attached hydrogens (tertiary/aromatic N) is 2. The van der Waals surface area contributed by atoms with Gasteiger partial charge in [-0.3, -0.25) is 0 Å². The van der Waals surface area contributed by atoms with Gasteiger partial charge in [-0.2, -0.15) is 4.98 Å². The van der Waals surface area contributed by atoms with Crippen LogP contribution in [0.5, 0.6) is 5.88 Å². The van der Waals surface area contributed by atoms with Gasteiger partial charge >= 0.3 is 0 Å². The largest absolute Gasteiger partial charge is 0.475 e. The SMILES string of the molecule is Cc1nc(NN)cc(OCCOC(C)C)n1. The van der Waals surface area contributed by atoms with E-state index in [1.165, 1.54) is 0 Å². The Labute approximate surface area is 95.1 Å². The number of aryl methyl sites for hydroxylation is 1. The fourth-order valence-corrected chi connectivity index (χ4v) is 1.12. The summed E-state index contributed by atoms with van der Waals surface area (Å²) >= 11 is 0. The van der Waals surface area contributed by atoms with Gasteiger partial charge in [0, 0.05) is 6.07 Å². The molecule has 0 aromatic carbocycles. The highest BCUT2D eigenvalue weighted by Gasteiger charge is 2.02. The number of nitrogens with one attached hydrogen (secondary N) is 1. The summed E-state index contributed by atoms with van der Waals surface area (Å²) in [6, 6.07) is 1.64. The van der Waals surface area contributed by atoms with Crippen molar-refractivity contribution in [3.63, 3.8) is 0 Å². The van der Waals surface area contributed by atoms with Crippen LogP contribution in [0.2, 0.25) is 0 Å². The minimum Gasteiger partial charge on any atom is -0.475 e. The first-order valence-electron chi connectivity index (χ1n) is 5.18. The number of hydrogen-bond acceptors (Lipinski definition) is 6. The van der Waals surface area contributed by atoms with E-state index in [1.54, 1.807) is 13.0 Å². The van der Waals surface area contributed by atoms with E-state index in [4.69, 9.17) is 15.3 Å². The van der Waals surface area contributed by atoms with Crippen LogP contribution in [0.1, 0.15) is 19.7 Å². The van der Waals surface area contributed by atoms with Crippen molar-refractivity contribution in [3.8, 4) is 5.88 Å². The molecule has 0 fully saturated rings. The fraction of sp³-hybridized carbons (Fsp3) is 0.600. The smallest absolute Gasteiger partial charge is 0.218 e. The molecule has 1 aromatic rings. The van der Waals surface area contributed by atoms with Gasteiger partial charge in [0.25, 0.3) is 0 Å². The maximum absolute atomic E-state index is 5.41. The first kappa shape index (κ1) is 12.7. The molecule has 0 atom stereocenters. The molecule has 0 saturated carbocycles. The van der Waals surface area contributed by atoms with E-state index in [0.717, 1.165) is 0 Å². The molecule has 0 aliphatic heterocycles. The second-order valence-electron chi connectivity index (χ2n) is 3.55. The van der Waals surface area contributed by atoms with Crippen molar-refractivity contribution in [2.24, 2.45) is 5.84 Å². The Morgan fingerprint density at radius 3 is 2.75 bits per heavy atom. The van der Waals surface area contributed by atoms with Crippen LogP contribution >= 0.6 is 0 Å². The summed E-state index contributed by atoms with van der Waals surface area (Å²) in [5, 5.41) is 0. The van der Waals surface area contributed by atoms with Crippen LogP contribution < -0.4 is 16.0 Å². The third-order valence-electron chi connectivity index (χ3n) is 1.75. The minimum absolute atomic E-state index is 0.206. The number of ether oxygens (including phenoxy) is 2. The van der Waals surface area contributed by atoms with E-state index < -0.39 is 0 Å². The third-order valence-corrected chi connectivity index (χ3v) is 1.75. The standard InChI is InChI=1S/C10H18N4O2/c1-7(2)15-4-5-16-10-6-9(14-11)12-8(3)13-10/h6-7H,4-5,11H2,1-3H3,(H,12,13,14). The molecule has 0 aliphatic carbocycles. The summed E-state index contributed by atoms with van der Waals surface area (Å²) in [7, 11) is 0. The van der Waals surface area contributed by atoms with Gasteiger partial charge in [-0.15, -0.1) is 0 Å². The molecule has 0 radical (unpaired) electrons. The third kappa shape index (κ3) is 4.41. The van der Waals surface area contributed by atoms with Crippen molar-refractivity contribution in [2.45, 2.75) is 26.9 Å². The zero-order chi connectivity index (χ0) is 12.0. The molecule has 90 valence electrons. The van der Waals surface area contributed by atoms with E-state index in [0.29, 0.717) is 30.7 Å². The van der Waals surface area contributed by atoms with Gasteiger partial charge < -0.3 is 14.9 Å². The molecule has 3 N–H and O–H groups in total. The Hall–Kier alpha value is -1.40. The lowest BCUT2D eigenvalue weighted by Gasteiger charge is -2.09. The summed E-state index contributed by atoms with van der Waals surface area (Å²) in [6.07, 6.45) is 0.206. The lowest BCUT2D eigenvalue weighted by atomic mass is 10.5. The highest BCUT2D eigenvalue weighted by atomic mass is 16.5. The van der Waals surface area contributed by atoms with E-state index in [-0.39, 0.29) is 6.10 Å². The predicted molar refractivity (Wildman–Crippen MR) is 61.2 cm³/mol. The van der Waals surface area contributed by atoms with Crippen molar-refractivity contribution in [1.82, 2.24) is 9.97 Å². The maximum Gasteiger partial charge on any atom is 0.218 e. The van der Waals surface area contributed by atoms with Crippen LogP contribution in [0.25, 0.3) is 0 Å². The van der Waals surface area contributed by atoms with Gasteiger partial charge in [-0.1, -0.05) is 0 Å². The van der Waals surface area contributed by atoms with E-state index in [9.17, 15) is 0 Å². The summed E-state index contributed by atoms with van der Waals surface area (Å²) in [4.78, 5) is 8.16. The summed E-state index contributed by atoms with van der Waals surface area (Å²) in [6.45, 7) is 6.72. The lowest BCUT2D eigenvalue weighted by molar-refractivity contribution is 0.0542. The molecule has 1 rings (SSSR count). The highest BCUT2D eigenvalue weighted by Crippen LogP contribution is 2.11. The molecule has 0 unspecified atom stereocenters. The van der Waals surface area contributed by atoms with E-state index >= 15 is 0 Å². The second-order valence-corrected chi connectivity index (χ2v) is 3.55. The van der Waals surface area contributed by atoms with Crippen molar-refractivity contribution < 1.29 is 9.47 Å². The first-order valence-corrected chi connectivity index (χ1v) is 5.18. The quantitative estimate of drug-likeness (QED) is 0.425. The average molecular weight is 226 g/mol. The van der Waals surface area contributed by atoms with Crippen LogP contribution in [-0.2, 0) is 4.74 Å². The van der Waals surface area contributed by atoms with Crippen LogP contribution in [0.15, 0.2) is 6.07 Å². The number of nitrogen functional groups attached to an aromatic ring is 1. The molecule has 16 heavy (non-hydrogen) atoms. The Kier molecular flexibility index (Phi) is 4.94. The molecule has 0 aliphatic rings. The number of anilines is 1. The van der Waals surface area contributed by atoms with E-state index in [1.807, 2.05) is 13.8 Å². The molecule has 0 bridgehead atoms. The van der Waals surface area contributed by atoms with E-state index in [2.05, 4.69) is 15.4 Å². The number of hydrogen-bond donors (Lipinski definition) is 2. The van der Waals surface area contributed by atoms with Crippen LogP contribution in [0.3, 0.4) is 0 Å². The molecule has 0 spiro atoms. The normalized spacial score (nSPS) is 10.6. The molecule has 0 saturated heterocycles. The molecular formula is C10H18N4O2. The molecule has 0 amide bonds. The van der Waals surface area contributed by atoms with Crippen LogP contribution in [0, 0.1) is 6.92 Å². The monoisotopic (exact) mass is 226 g/mol. The number of hydrazine groups is 1. The predicted octanol–water partition coefficient (Wildman–Crippen LogP) is 0.874. The number of aromatic nitrogens is 2. The summed E-state index contributed by atoms with van der Waals surface area (Å²) < 4.78 is 10.7. The van der Waals surface area contributed by atoms with Crippen LogP contribution in [0.4, 0.5) is 5.82 Å². The molecule has 6 heteroatoms. The van der Waals surface area contributed by atoms with Gasteiger partial charge in [-0.05, 0) is 20.8 Å². The van der Waals surface area contributed by atoms with Crippen molar-refractivity contribution in [1.29, 1.82) is 0 Å². The Balaban J connectivity index is 2.44. The van der Waals surface area contributed by atoms with Crippen molar-refractivity contribution in [2.75, 3.05) is 18.6 Å². The van der Waals surface area contributed by atoms with Gasteiger partial charge in [0.1, 0.15) is 18.2 Å². The topological polar surface area (TPSA) is 82.3 Å². The number of rotatable bonds is 6. The van der Waals surface area contributed by atoms with Gasteiger partial charge in [0.2, 0.25) is 5.88 Å². The highest BCUT2D eigenvalue weighted by molar-refractivity contribution is 5.36. The van der Waals surface area contributed by atoms with Crippen LogP contribution in [-0.4, -0.2) is 29.3 Å².